The van der Waals surface area contributed by atoms with E-state index in [1.165, 1.54) is 7.11 Å². The number of carbonyl (C=O) groups is 2. The fourth-order valence-corrected chi connectivity index (χ4v) is 3.32. The number of carbonyl (C=O) groups excluding carboxylic acids is 2. The van der Waals surface area contributed by atoms with E-state index in [2.05, 4.69) is 5.32 Å². The van der Waals surface area contributed by atoms with E-state index in [1.54, 1.807) is 0 Å². The molecule has 1 N–H and O–H groups in total. The first kappa shape index (κ1) is 19.5. The number of ether oxygens (including phenoxy) is 2. The number of methoxy groups -OCH3 is 1. The molecular formula is C22H24N2O4. The number of nitrogens with zero attached hydrogens (tertiary/aromatic N) is 1. The molecule has 0 saturated carbocycles. The third-order valence-electron chi connectivity index (χ3n) is 4.86. The summed E-state index contributed by atoms with van der Waals surface area (Å²) in [4.78, 5) is 24.7. The molecule has 1 amide bonds. The Morgan fingerprint density at radius 1 is 1.07 bits per heavy atom. The Hall–Kier alpha value is -3.28. The molecular weight excluding hydrogens is 356 g/mol. The lowest BCUT2D eigenvalue weighted by Gasteiger charge is -2.22. The SMILES string of the molecule is COC(=O)[C@H](NC(=O)OCc1ccccc1)[C@H](C)c1cn(C)c2ccccc12. The quantitative estimate of drug-likeness (QED) is 0.661. The standard InChI is InChI=1S/C22H24N2O4/c1-15(18-13-24(2)19-12-8-7-11-17(18)19)20(21(25)27-3)23-22(26)28-14-16-9-5-4-6-10-16/h4-13,15,20H,14H2,1-3H3,(H,23,26)/t15-,20-/m1/s1. The van der Waals surface area contributed by atoms with Crippen LogP contribution in [-0.2, 0) is 27.9 Å². The molecule has 28 heavy (non-hydrogen) atoms. The van der Waals surface area contributed by atoms with Gasteiger partial charge >= 0.3 is 12.1 Å². The summed E-state index contributed by atoms with van der Waals surface area (Å²) in [5, 5.41) is 3.70. The van der Waals surface area contributed by atoms with Crippen molar-refractivity contribution in [3.05, 3.63) is 71.9 Å². The Kier molecular flexibility index (Phi) is 5.99. The minimum absolute atomic E-state index is 0.128. The number of aryl methyl sites for hydroxylation is 1. The average Bonchev–Trinajstić information content (AvgIpc) is 3.07. The van der Waals surface area contributed by atoms with E-state index < -0.39 is 18.1 Å². The molecule has 6 nitrogen and oxygen atoms in total. The molecule has 0 spiro atoms. The second-order valence-corrected chi connectivity index (χ2v) is 6.71. The number of alkyl carbamates (subject to hydrolysis) is 1. The molecule has 0 saturated heterocycles. The van der Waals surface area contributed by atoms with Crippen LogP contribution in [0.25, 0.3) is 10.9 Å². The minimum atomic E-state index is -0.862. The first-order chi connectivity index (χ1) is 13.5. The van der Waals surface area contributed by atoms with E-state index in [0.717, 1.165) is 22.0 Å². The molecule has 6 heteroatoms. The highest BCUT2D eigenvalue weighted by Gasteiger charge is 2.31. The lowest BCUT2D eigenvalue weighted by Crippen LogP contribution is -2.45. The van der Waals surface area contributed by atoms with Crippen molar-refractivity contribution in [1.29, 1.82) is 0 Å². The van der Waals surface area contributed by atoms with Crippen molar-refractivity contribution in [3.63, 3.8) is 0 Å². The van der Waals surface area contributed by atoms with Crippen LogP contribution < -0.4 is 5.32 Å². The third-order valence-corrected chi connectivity index (χ3v) is 4.86. The first-order valence-electron chi connectivity index (χ1n) is 9.10. The smallest absolute Gasteiger partial charge is 0.408 e. The zero-order valence-electron chi connectivity index (χ0n) is 16.2. The second-order valence-electron chi connectivity index (χ2n) is 6.71. The Balaban J connectivity index is 1.77. The van der Waals surface area contributed by atoms with Crippen molar-refractivity contribution in [2.45, 2.75) is 25.5 Å². The van der Waals surface area contributed by atoms with Crippen molar-refractivity contribution in [3.8, 4) is 0 Å². The van der Waals surface area contributed by atoms with Crippen LogP contribution in [0, 0.1) is 0 Å². The largest absolute Gasteiger partial charge is 0.467 e. The van der Waals surface area contributed by atoms with Gasteiger partial charge < -0.3 is 19.4 Å². The number of hydrogen-bond donors (Lipinski definition) is 1. The van der Waals surface area contributed by atoms with Crippen LogP contribution in [0.2, 0.25) is 0 Å². The molecule has 0 aliphatic rings. The maximum Gasteiger partial charge on any atom is 0.408 e. The van der Waals surface area contributed by atoms with Gasteiger partial charge in [-0.25, -0.2) is 9.59 Å². The topological polar surface area (TPSA) is 69.6 Å². The van der Waals surface area contributed by atoms with Gasteiger partial charge in [-0.05, 0) is 17.2 Å². The summed E-state index contributed by atoms with van der Waals surface area (Å²) in [7, 11) is 3.26. The van der Waals surface area contributed by atoms with Crippen LogP contribution in [0.15, 0.2) is 60.8 Å². The van der Waals surface area contributed by atoms with E-state index >= 15 is 0 Å². The number of benzene rings is 2. The zero-order valence-corrected chi connectivity index (χ0v) is 16.2. The van der Waals surface area contributed by atoms with Gasteiger partial charge in [0.05, 0.1) is 7.11 Å². The van der Waals surface area contributed by atoms with Gasteiger partial charge in [0.25, 0.3) is 0 Å². The Labute approximate surface area is 164 Å². The summed E-state index contributed by atoms with van der Waals surface area (Å²) in [6.45, 7) is 2.02. The summed E-state index contributed by atoms with van der Waals surface area (Å²) >= 11 is 0. The number of fused-ring (bicyclic) bond motifs is 1. The van der Waals surface area contributed by atoms with Gasteiger partial charge in [0.1, 0.15) is 12.6 Å². The monoisotopic (exact) mass is 380 g/mol. The van der Waals surface area contributed by atoms with Crippen LogP contribution in [0.3, 0.4) is 0 Å². The predicted molar refractivity (Wildman–Crippen MR) is 107 cm³/mol. The van der Waals surface area contributed by atoms with Crippen molar-refractivity contribution < 1.29 is 19.1 Å². The lowest BCUT2D eigenvalue weighted by molar-refractivity contribution is -0.143. The summed E-state index contributed by atoms with van der Waals surface area (Å²) < 4.78 is 12.2. The summed E-state index contributed by atoms with van der Waals surface area (Å²) in [6, 6.07) is 16.4. The highest BCUT2D eigenvalue weighted by molar-refractivity contribution is 5.87. The highest BCUT2D eigenvalue weighted by atomic mass is 16.6. The maximum absolute atomic E-state index is 12.4. The van der Waals surface area contributed by atoms with Gasteiger partial charge in [0.15, 0.2) is 0 Å². The molecule has 3 rings (SSSR count). The molecule has 2 aromatic carbocycles. The lowest BCUT2D eigenvalue weighted by atomic mass is 9.93. The number of aromatic nitrogens is 1. The van der Waals surface area contributed by atoms with Gasteiger partial charge in [-0.15, -0.1) is 0 Å². The zero-order chi connectivity index (χ0) is 20.1. The van der Waals surface area contributed by atoms with Gasteiger partial charge in [-0.3, -0.25) is 0 Å². The normalized spacial score (nSPS) is 13.0. The van der Waals surface area contributed by atoms with Gasteiger partial charge in [0.2, 0.25) is 0 Å². The van der Waals surface area contributed by atoms with Crippen molar-refractivity contribution in [2.75, 3.05) is 7.11 Å². The Bertz CT molecular complexity index is 965. The van der Waals surface area contributed by atoms with E-state index in [9.17, 15) is 9.59 Å². The van der Waals surface area contributed by atoms with Crippen molar-refractivity contribution in [2.24, 2.45) is 7.05 Å². The van der Waals surface area contributed by atoms with E-state index in [4.69, 9.17) is 9.47 Å². The van der Waals surface area contributed by atoms with Crippen LogP contribution in [-0.4, -0.2) is 29.8 Å². The number of amides is 1. The second kappa shape index (κ2) is 8.61. The molecule has 2 atom stereocenters. The van der Waals surface area contributed by atoms with Crippen LogP contribution >= 0.6 is 0 Å². The molecule has 1 aromatic heterocycles. The number of para-hydroxylation sites is 1. The number of rotatable bonds is 6. The molecule has 3 aromatic rings. The molecule has 0 aliphatic heterocycles. The van der Waals surface area contributed by atoms with E-state index in [0.29, 0.717) is 0 Å². The Morgan fingerprint density at radius 3 is 2.46 bits per heavy atom. The van der Waals surface area contributed by atoms with E-state index in [1.807, 2.05) is 79.3 Å². The molecule has 0 bridgehead atoms. The predicted octanol–water partition coefficient (Wildman–Crippen LogP) is 3.75. The number of hydrogen-bond acceptors (Lipinski definition) is 4. The Morgan fingerprint density at radius 2 is 1.75 bits per heavy atom. The van der Waals surface area contributed by atoms with Crippen LogP contribution in [0.5, 0.6) is 0 Å². The summed E-state index contributed by atoms with van der Waals surface area (Å²) in [5.41, 5.74) is 2.88. The fourth-order valence-electron chi connectivity index (χ4n) is 3.32. The van der Waals surface area contributed by atoms with Crippen LogP contribution in [0.1, 0.15) is 24.0 Å². The molecule has 1 heterocycles. The summed E-state index contributed by atoms with van der Waals surface area (Å²) in [6.07, 6.45) is 1.31. The molecule has 0 unspecified atom stereocenters. The third kappa shape index (κ3) is 4.17. The van der Waals surface area contributed by atoms with Gasteiger partial charge in [-0.2, -0.15) is 0 Å². The number of esters is 1. The average molecular weight is 380 g/mol. The highest BCUT2D eigenvalue weighted by Crippen LogP contribution is 2.29. The first-order valence-corrected chi connectivity index (χ1v) is 9.10. The van der Waals surface area contributed by atoms with Crippen molar-refractivity contribution >= 4 is 23.0 Å². The molecule has 0 radical (unpaired) electrons. The number of nitrogens with one attached hydrogen (secondary N) is 1. The van der Waals surface area contributed by atoms with Gasteiger partial charge in [-0.1, -0.05) is 55.5 Å². The molecule has 146 valence electrons. The minimum Gasteiger partial charge on any atom is -0.467 e. The van der Waals surface area contributed by atoms with Crippen molar-refractivity contribution in [1.82, 2.24) is 9.88 Å². The van der Waals surface area contributed by atoms with E-state index in [-0.39, 0.29) is 12.5 Å². The molecule has 0 fully saturated rings. The molecule has 0 aliphatic carbocycles. The van der Waals surface area contributed by atoms with Gasteiger partial charge in [0, 0.05) is 30.1 Å². The summed E-state index contributed by atoms with van der Waals surface area (Å²) in [5.74, 6) is -0.820. The van der Waals surface area contributed by atoms with Crippen LogP contribution in [0.4, 0.5) is 4.79 Å². The fraction of sp³-hybridized carbons (Fsp3) is 0.273. The maximum atomic E-state index is 12.4.